The molecule has 0 aromatic carbocycles. The molecule has 1 N–H and O–H groups in total. The molecule has 1 aliphatic rings. The zero-order valence-corrected chi connectivity index (χ0v) is 11.8. The highest BCUT2D eigenvalue weighted by Crippen LogP contribution is 2.43. The van der Waals surface area contributed by atoms with Crippen LogP contribution in [0, 0.1) is 22.7 Å². The van der Waals surface area contributed by atoms with Crippen molar-refractivity contribution in [2.75, 3.05) is 6.61 Å². The van der Waals surface area contributed by atoms with Gasteiger partial charge in [0.15, 0.2) is 0 Å². The van der Waals surface area contributed by atoms with Gasteiger partial charge in [0.2, 0.25) is 0 Å². The predicted molar refractivity (Wildman–Crippen MR) is 70.4 cm³/mol. The molecular weight excluding hydrogens is 196 g/mol. The van der Waals surface area contributed by atoms with Gasteiger partial charge in [-0.15, -0.1) is 0 Å². The van der Waals surface area contributed by atoms with Crippen molar-refractivity contribution in [2.24, 2.45) is 22.7 Å². The Labute approximate surface area is 102 Å². The molecule has 0 radical (unpaired) electrons. The number of aliphatic hydroxyl groups excluding tert-OH is 1. The van der Waals surface area contributed by atoms with Gasteiger partial charge in [0.25, 0.3) is 0 Å². The van der Waals surface area contributed by atoms with Crippen LogP contribution >= 0.6 is 0 Å². The van der Waals surface area contributed by atoms with Crippen LogP contribution in [0.1, 0.15) is 66.7 Å². The van der Waals surface area contributed by atoms with Crippen LogP contribution < -0.4 is 0 Å². The average Bonchev–Trinajstić information content (AvgIpc) is 2.15. The fourth-order valence-corrected chi connectivity index (χ4v) is 3.35. The third-order valence-corrected chi connectivity index (χ3v) is 4.35. The Morgan fingerprint density at radius 1 is 1.38 bits per heavy atom. The molecule has 0 bridgehead atoms. The third kappa shape index (κ3) is 4.08. The van der Waals surface area contributed by atoms with E-state index in [-0.39, 0.29) is 5.41 Å². The zero-order chi connectivity index (χ0) is 12.4. The summed E-state index contributed by atoms with van der Waals surface area (Å²) >= 11 is 0. The van der Waals surface area contributed by atoms with Crippen molar-refractivity contribution in [1.82, 2.24) is 0 Å². The molecule has 1 nitrogen and oxygen atoms in total. The number of rotatable bonds is 4. The van der Waals surface area contributed by atoms with Crippen molar-refractivity contribution >= 4 is 0 Å². The standard InChI is InChI=1S/C15H30O/c1-12(9-15(4,5)11-16)13-7-6-8-14(2,3)10-13/h12-13,16H,6-11H2,1-5H3. The second-order valence-corrected chi connectivity index (χ2v) is 7.52. The highest BCUT2D eigenvalue weighted by molar-refractivity contribution is 4.84. The zero-order valence-electron chi connectivity index (χ0n) is 11.8. The molecule has 1 saturated carbocycles. The second-order valence-electron chi connectivity index (χ2n) is 7.52. The summed E-state index contributed by atoms with van der Waals surface area (Å²) in [6.45, 7) is 11.9. The second kappa shape index (κ2) is 5.08. The first-order valence-electron chi connectivity index (χ1n) is 6.87. The molecule has 96 valence electrons. The Balaban J connectivity index is 2.51. The van der Waals surface area contributed by atoms with Crippen LogP contribution in [0.4, 0.5) is 0 Å². The quantitative estimate of drug-likeness (QED) is 0.760. The minimum absolute atomic E-state index is 0.0982. The number of aliphatic hydroxyl groups is 1. The van der Waals surface area contributed by atoms with Crippen molar-refractivity contribution in [2.45, 2.75) is 66.7 Å². The maximum absolute atomic E-state index is 9.34. The topological polar surface area (TPSA) is 20.2 Å². The summed E-state index contributed by atoms with van der Waals surface area (Å²) in [5, 5.41) is 9.34. The van der Waals surface area contributed by atoms with Crippen LogP contribution in [0.5, 0.6) is 0 Å². The highest BCUT2D eigenvalue weighted by Gasteiger charge is 2.33. The fraction of sp³-hybridized carbons (Fsp3) is 1.00. The molecule has 0 aromatic heterocycles. The Bertz CT molecular complexity index is 217. The van der Waals surface area contributed by atoms with Crippen LogP contribution in [0.2, 0.25) is 0 Å². The van der Waals surface area contributed by atoms with E-state index >= 15 is 0 Å². The van der Waals surface area contributed by atoms with Crippen molar-refractivity contribution in [1.29, 1.82) is 0 Å². The molecule has 2 atom stereocenters. The minimum Gasteiger partial charge on any atom is -0.396 e. The molecule has 0 amide bonds. The van der Waals surface area contributed by atoms with E-state index in [1.165, 1.54) is 25.7 Å². The maximum atomic E-state index is 9.34. The monoisotopic (exact) mass is 226 g/mol. The smallest absolute Gasteiger partial charge is 0.0482 e. The van der Waals surface area contributed by atoms with Gasteiger partial charge >= 0.3 is 0 Å². The van der Waals surface area contributed by atoms with E-state index in [1.807, 2.05) is 0 Å². The molecule has 16 heavy (non-hydrogen) atoms. The largest absolute Gasteiger partial charge is 0.396 e. The molecule has 0 heterocycles. The van der Waals surface area contributed by atoms with Gasteiger partial charge in [0, 0.05) is 6.61 Å². The summed E-state index contributed by atoms with van der Waals surface area (Å²) in [6, 6.07) is 0. The van der Waals surface area contributed by atoms with Gasteiger partial charge in [0.1, 0.15) is 0 Å². The first-order valence-corrected chi connectivity index (χ1v) is 6.87. The van der Waals surface area contributed by atoms with Gasteiger partial charge in [-0.1, -0.05) is 47.5 Å². The van der Waals surface area contributed by atoms with Crippen LogP contribution in [0.3, 0.4) is 0 Å². The first-order chi connectivity index (χ1) is 7.26. The Hall–Kier alpha value is -0.0400. The van der Waals surface area contributed by atoms with E-state index in [1.54, 1.807) is 0 Å². The highest BCUT2D eigenvalue weighted by atomic mass is 16.3. The van der Waals surface area contributed by atoms with Gasteiger partial charge in [0.05, 0.1) is 0 Å². The predicted octanol–water partition coefficient (Wildman–Crippen LogP) is 4.25. The SMILES string of the molecule is CC(CC(C)(C)CO)C1CCCC(C)(C)C1. The van der Waals surface area contributed by atoms with Gasteiger partial charge in [-0.25, -0.2) is 0 Å². The summed E-state index contributed by atoms with van der Waals surface area (Å²) in [6.07, 6.45) is 6.70. The lowest BCUT2D eigenvalue weighted by molar-refractivity contribution is 0.0837. The van der Waals surface area contributed by atoms with E-state index < -0.39 is 0 Å². The van der Waals surface area contributed by atoms with E-state index in [0.717, 1.165) is 18.3 Å². The Morgan fingerprint density at radius 3 is 2.50 bits per heavy atom. The normalized spacial score (nSPS) is 27.8. The van der Waals surface area contributed by atoms with E-state index in [4.69, 9.17) is 0 Å². The molecule has 2 unspecified atom stereocenters. The lowest BCUT2D eigenvalue weighted by atomic mass is 9.66. The maximum Gasteiger partial charge on any atom is 0.0482 e. The van der Waals surface area contributed by atoms with Crippen LogP contribution in [0.25, 0.3) is 0 Å². The van der Waals surface area contributed by atoms with Gasteiger partial charge in [-0.05, 0) is 41.9 Å². The summed E-state index contributed by atoms with van der Waals surface area (Å²) < 4.78 is 0. The minimum atomic E-state index is 0.0982. The molecule has 0 spiro atoms. The van der Waals surface area contributed by atoms with Crippen LogP contribution in [-0.4, -0.2) is 11.7 Å². The summed E-state index contributed by atoms with van der Waals surface area (Å²) in [7, 11) is 0. The van der Waals surface area contributed by atoms with Crippen molar-refractivity contribution in [3.8, 4) is 0 Å². The van der Waals surface area contributed by atoms with Crippen LogP contribution in [-0.2, 0) is 0 Å². The van der Waals surface area contributed by atoms with Gasteiger partial charge < -0.3 is 5.11 Å². The Morgan fingerprint density at radius 2 is 2.00 bits per heavy atom. The molecular formula is C15H30O. The summed E-state index contributed by atoms with van der Waals surface area (Å²) in [5.74, 6) is 1.62. The molecule has 0 saturated heterocycles. The van der Waals surface area contributed by atoms with Crippen molar-refractivity contribution in [3.05, 3.63) is 0 Å². The molecule has 0 aliphatic heterocycles. The third-order valence-electron chi connectivity index (χ3n) is 4.35. The van der Waals surface area contributed by atoms with Gasteiger partial charge in [-0.2, -0.15) is 0 Å². The molecule has 1 fully saturated rings. The van der Waals surface area contributed by atoms with Crippen LogP contribution in [0.15, 0.2) is 0 Å². The van der Waals surface area contributed by atoms with Crippen molar-refractivity contribution < 1.29 is 5.11 Å². The first kappa shape index (κ1) is 14.0. The summed E-state index contributed by atoms with van der Waals surface area (Å²) in [4.78, 5) is 0. The number of hydrogen-bond donors (Lipinski definition) is 1. The summed E-state index contributed by atoms with van der Waals surface area (Å²) in [5.41, 5.74) is 0.640. The number of hydrogen-bond acceptors (Lipinski definition) is 1. The van der Waals surface area contributed by atoms with Crippen molar-refractivity contribution in [3.63, 3.8) is 0 Å². The molecule has 1 aliphatic carbocycles. The molecule has 1 heteroatoms. The Kier molecular flexibility index (Phi) is 4.45. The molecule has 0 aromatic rings. The average molecular weight is 226 g/mol. The fourth-order valence-electron chi connectivity index (χ4n) is 3.35. The lowest BCUT2D eigenvalue weighted by Gasteiger charge is -2.40. The van der Waals surface area contributed by atoms with E-state index in [2.05, 4.69) is 34.6 Å². The molecule has 1 rings (SSSR count). The van der Waals surface area contributed by atoms with Gasteiger partial charge in [-0.3, -0.25) is 0 Å². The lowest BCUT2D eigenvalue weighted by Crippen LogP contribution is -2.30. The van der Waals surface area contributed by atoms with E-state index in [0.29, 0.717) is 12.0 Å². The van der Waals surface area contributed by atoms with E-state index in [9.17, 15) is 5.11 Å².